The SMILES string of the molecule is O=C(OF)C(=O)OF.O=C(OF)C(=O)OF.O=P([O-])([O-])[O-].[Li+].[Li+].[Li+]. The Morgan fingerprint density at radius 3 is 0.708 bits per heavy atom. The Labute approximate surface area is 164 Å². The smallest absolute Gasteiger partial charge is 0.822 e. The Bertz CT molecular complexity index is 353. The summed E-state index contributed by atoms with van der Waals surface area (Å²) in [6.07, 6.45) is 0. The molecule has 24 heavy (non-hydrogen) atoms. The Hall–Kier alpha value is -0.498. The molecule has 0 N–H and O–H groups in total. The molecule has 0 unspecified atom stereocenters. The maximum Gasteiger partial charge on any atom is 1.00 e. The predicted octanol–water partition coefficient (Wildman–Crippen LogP) is -12.1. The number of hydrogen-bond acceptors (Lipinski definition) is 12. The zero-order chi connectivity index (χ0) is 17.6. The van der Waals surface area contributed by atoms with Crippen LogP contribution in [0.25, 0.3) is 0 Å². The van der Waals surface area contributed by atoms with Crippen molar-refractivity contribution in [1.29, 1.82) is 0 Å². The molecular formula is C4F4Li3O12P. The molecular weight excluding hydrogens is 368 g/mol. The van der Waals surface area contributed by atoms with Gasteiger partial charge in [-0.3, -0.25) is 0 Å². The van der Waals surface area contributed by atoms with Crippen molar-refractivity contribution in [2.45, 2.75) is 0 Å². The van der Waals surface area contributed by atoms with E-state index in [-0.39, 0.29) is 56.6 Å². The van der Waals surface area contributed by atoms with Crippen LogP contribution in [0.15, 0.2) is 0 Å². The van der Waals surface area contributed by atoms with Gasteiger partial charge in [0.25, 0.3) is 0 Å². The fraction of sp³-hybridized carbons (Fsp3) is 0. The van der Waals surface area contributed by atoms with Gasteiger partial charge in [-0.1, -0.05) is 0 Å². The van der Waals surface area contributed by atoms with Gasteiger partial charge in [-0.05, 0) is 0 Å². The summed E-state index contributed by atoms with van der Waals surface area (Å²) in [6, 6.07) is 0. The number of hydrogen-bond donors (Lipinski definition) is 0. The van der Waals surface area contributed by atoms with Crippen LogP contribution in [0, 0.1) is 0 Å². The van der Waals surface area contributed by atoms with Crippen molar-refractivity contribution in [1.82, 2.24) is 0 Å². The molecule has 12 nitrogen and oxygen atoms in total. The molecule has 0 aliphatic heterocycles. The second kappa shape index (κ2) is 22.5. The van der Waals surface area contributed by atoms with E-state index in [1.165, 1.54) is 0 Å². The van der Waals surface area contributed by atoms with Crippen LogP contribution in [0.1, 0.15) is 0 Å². The van der Waals surface area contributed by atoms with Crippen molar-refractivity contribution in [3.63, 3.8) is 0 Å². The third kappa shape index (κ3) is 37.6. The van der Waals surface area contributed by atoms with Crippen molar-refractivity contribution in [3.8, 4) is 0 Å². The van der Waals surface area contributed by atoms with E-state index in [9.17, 15) is 37.3 Å². The maximum absolute atomic E-state index is 10.5. The van der Waals surface area contributed by atoms with Crippen LogP contribution in [0.2, 0.25) is 0 Å². The van der Waals surface area contributed by atoms with E-state index in [0.29, 0.717) is 0 Å². The molecule has 20 heteroatoms. The molecule has 0 aromatic carbocycles. The monoisotopic (exact) mass is 368 g/mol. The molecule has 0 saturated heterocycles. The molecule has 0 radical (unpaired) electrons. The summed E-state index contributed by atoms with van der Waals surface area (Å²) in [5.41, 5.74) is 0. The number of carbonyl (C=O) groups excluding carboxylic acids is 4. The number of carbonyl (C=O) groups is 4. The quantitative estimate of drug-likeness (QED) is 0.170. The fourth-order valence-corrected chi connectivity index (χ4v) is 0.126. The first kappa shape index (κ1) is 38.8. The maximum atomic E-state index is 10.5. The third-order valence-corrected chi connectivity index (χ3v) is 0.614. The average molecular weight is 368 g/mol. The van der Waals surface area contributed by atoms with Gasteiger partial charge in [0.15, 0.2) is 0 Å². The van der Waals surface area contributed by atoms with Crippen LogP contribution in [-0.4, -0.2) is 23.9 Å². The summed E-state index contributed by atoms with van der Waals surface area (Å²) < 4.78 is 50.6. The fourth-order valence-electron chi connectivity index (χ4n) is 0.126. The van der Waals surface area contributed by atoms with Gasteiger partial charge in [0.2, 0.25) is 0 Å². The predicted molar refractivity (Wildman–Crippen MR) is 36.4 cm³/mol. The van der Waals surface area contributed by atoms with Crippen LogP contribution in [0.3, 0.4) is 0 Å². The van der Waals surface area contributed by atoms with E-state index in [2.05, 4.69) is 19.8 Å². The van der Waals surface area contributed by atoms with Crippen LogP contribution in [0.5, 0.6) is 0 Å². The van der Waals surface area contributed by atoms with E-state index in [4.69, 9.17) is 19.2 Å². The van der Waals surface area contributed by atoms with Gasteiger partial charge in [0, 0.05) is 18.1 Å². The summed E-state index contributed by atoms with van der Waals surface area (Å²) >= 11 is 0. The number of halogens is 4. The molecule has 0 aliphatic rings. The molecule has 0 atom stereocenters. The first-order valence-electron chi connectivity index (χ1n) is 3.48. The summed E-state index contributed by atoms with van der Waals surface area (Å²) in [7, 11) is -5.39. The molecule has 0 aromatic rings. The van der Waals surface area contributed by atoms with Gasteiger partial charge in [-0.25, -0.2) is 38.9 Å². The minimum absolute atomic E-state index is 0. The Balaban J connectivity index is -0.0000000488. The summed E-state index contributed by atoms with van der Waals surface area (Å²) in [5.74, 6) is -8.08. The van der Waals surface area contributed by atoms with Gasteiger partial charge in [0.05, 0.1) is 0 Å². The average Bonchev–Trinajstić information content (AvgIpc) is 2.42. The summed E-state index contributed by atoms with van der Waals surface area (Å²) in [5, 5.41) is 0. The molecule has 0 amide bonds. The van der Waals surface area contributed by atoms with E-state index < -0.39 is 31.7 Å². The zero-order valence-corrected chi connectivity index (χ0v) is 12.8. The van der Waals surface area contributed by atoms with Crippen molar-refractivity contribution < 1.29 is 133 Å². The van der Waals surface area contributed by atoms with Gasteiger partial charge < -0.3 is 19.2 Å². The second-order valence-electron chi connectivity index (χ2n) is 1.91. The third-order valence-electron chi connectivity index (χ3n) is 0.614. The van der Waals surface area contributed by atoms with Crippen molar-refractivity contribution >= 4 is 31.7 Å². The standard InChI is InChI=1S/2C2F2O4.3Li.H3O4P/c2*3-7-1(5)2(6)8-4;;;;1-5(2,3)4/h;;;;;(H3,1,2,3,4)/q;;3*+1;/p-3. The molecule has 0 aliphatic carbocycles. The molecule has 0 fully saturated rings. The summed E-state index contributed by atoms with van der Waals surface area (Å²) in [4.78, 5) is 72.4. The molecule has 124 valence electrons. The molecule has 0 heterocycles. The van der Waals surface area contributed by atoms with Crippen LogP contribution in [-0.2, 0) is 43.5 Å². The van der Waals surface area contributed by atoms with Crippen LogP contribution >= 0.6 is 7.82 Å². The Kier molecular flexibility index (Phi) is 36.4. The molecule has 0 rings (SSSR count). The van der Waals surface area contributed by atoms with E-state index in [1.54, 1.807) is 0 Å². The van der Waals surface area contributed by atoms with Crippen molar-refractivity contribution in [2.24, 2.45) is 0 Å². The minimum Gasteiger partial charge on any atom is -0.822 e. The van der Waals surface area contributed by atoms with Crippen molar-refractivity contribution in [3.05, 3.63) is 0 Å². The van der Waals surface area contributed by atoms with Gasteiger partial charge in [0.1, 0.15) is 0 Å². The number of rotatable bonds is 0. The topological polar surface area (TPSA) is 191 Å². The first-order valence-corrected chi connectivity index (χ1v) is 4.94. The van der Waals surface area contributed by atoms with Crippen LogP contribution in [0.4, 0.5) is 18.1 Å². The van der Waals surface area contributed by atoms with E-state index >= 15 is 0 Å². The Morgan fingerprint density at radius 1 is 0.583 bits per heavy atom. The molecule has 0 saturated carbocycles. The number of phosphoric acid groups is 1. The summed E-state index contributed by atoms with van der Waals surface area (Å²) in [6.45, 7) is 0. The van der Waals surface area contributed by atoms with Gasteiger partial charge in [-0.2, -0.15) is 7.82 Å². The molecule has 0 aromatic heterocycles. The van der Waals surface area contributed by atoms with E-state index in [1.807, 2.05) is 0 Å². The van der Waals surface area contributed by atoms with Gasteiger partial charge in [-0.15, -0.1) is 0 Å². The molecule has 0 bridgehead atoms. The normalized spacial score (nSPS) is 7.62. The van der Waals surface area contributed by atoms with Crippen LogP contribution < -0.4 is 71.3 Å². The zero-order valence-electron chi connectivity index (χ0n) is 11.9. The van der Waals surface area contributed by atoms with E-state index in [0.717, 1.165) is 0 Å². The minimum atomic E-state index is -5.39. The second-order valence-corrected chi connectivity index (χ2v) is 2.80. The first-order chi connectivity index (χ1) is 9.44. The van der Waals surface area contributed by atoms with Gasteiger partial charge >= 0.3 is 80.5 Å². The molecule has 0 spiro atoms. The Morgan fingerprint density at radius 2 is 0.667 bits per heavy atom. The van der Waals surface area contributed by atoms with Crippen molar-refractivity contribution in [2.75, 3.05) is 0 Å². The largest absolute Gasteiger partial charge is 1.00 e.